The van der Waals surface area contributed by atoms with Crippen molar-refractivity contribution >= 4 is 5.97 Å². The number of carbonyl (C=O) groups is 1. The van der Waals surface area contributed by atoms with Crippen molar-refractivity contribution in [2.75, 3.05) is 26.8 Å². The zero-order chi connectivity index (χ0) is 13.3. The fourth-order valence-electron chi connectivity index (χ4n) is 3.59. The van der Waals surface area contributed by atoms with E-state index in [1.807, 2.05) is 0 Å². The smallest absolute Gasteiger partial charge is 0.323 e. The van der Waals surface area contributed by atoms with Crippen molar-refractivity contribution in [2.24, 2.45) is 0 Å². The normalized spacial score (nSPS) is 34.2. The van der Waals surface area contributed by atoms with Crippen molar-refractivity contribution in [1.82, 2.24) is 4.90 Å². The second kappa shape index (κ2) is 5.38. The van der Waals surface area contributed by atoms with Gasteiger partial charge < -0.3 is 14.2 Å². The SMILES string of the molecule is COC(=O)C1CCCN1CC1COC2(CCCC2)O1. The van der Waals surface area contributed by atoms with Crippen LogP contribution in [0.5, 0.6) is 0 Å². The molecular formula is C14H23NO4. The summed E-state index contributed by atoms with van der Waals surface area (Å²) in [5.41, 5.74) is 0. The number of hydrogen-bond donors (Lipinski definition) is 0. The summed E-state index contributed by atoms with van der Waals surface area (Å²) in [7, 11) is 1.46. The Bertz CT molecular complexity index is 340. The van der Waals surface area contributed by atoms with Crippen molar-refractivity contribution in [3.8, 4) is 0 Å². The van der Waals surface area contributed by atoms with E-state index in [-0.39, 0.29) is 23.9 Å². The van der Waals surface area contributed by atoms with Crippen LogP contribution in [0, 0.1) is 0 Å². The maximum Gasteiger partial charge on any atom is 0.323 e. The monoisotopic (exact) mass is 269 g/mol. The Morgan fingerprint density at radius 1 is 1.37 bits per heavy atom. The quantitative estimate of drug-likeness (QED) is 0.723. The molecule has 0 aromatic carbocycles. The van der Waals surface area contributed by atoms with Crippen molar-refractivity contribution in [2.45, 2.75) is 56.5 Å². The van der Waals surface area contributed by atoms with E-state index in [2.05, 4.69) is 4.90 Å². The molecule has 0 radical (unpaired) electrons. The van der Waals surface area contributed by atoms with E-state index in [9.17, 15) is 4.79 Å². The van der Waals surface area contributed by atoms with E-state index in [1.165, 1.54) is 20.0 Å². The van der Waals surface area contributed by atoms with E-state index < -0.39 is 0 Å². The average molecular weight is 269 g/mol. The summed E-state index contributed by atoms with van der Waals surface area (Å²) >= 11 is 0. The maximum absolute atomic E-state index is 11.7. The molecule has 2 saturated heterocycles. The van der Waals surface area contributed by atoms with Crippen molar-refractivity contribution in [3.63, 3.8) is 0 Å². The summed E-state index contributed by atoms with van der Waals surface area (Å²) in [6.07, 6.45) is 6.48. The fourth-order valence-corrected chi connectivity index (χ4v) is 3.59. The van der Waals surface area contributed by atoms with E-state index in [0.717, 1.165) is 38.8 Å². The van der Waals surface area contributed by atoms with Gasteiger partial charge >= 0.3 is 5.97 Å². The van der Waals surface area contributed by atoms with E-state index in [1.54, 1.807) is 0 Å². The van der Waals surface area contributed by atoms with Crippen LogP contribution in [0.2, 0.25) is 0 Å². The van der Waals surface area contributed by atoms with Crippen LogP contribution in [0.3, 0.4) is 0 Å². The van der Waals surface area contributed by atoms with Gasteiger partial charge in [0.05, 0.1) is 19.8 Å². The molecule has 2 aliphatic heterocycles. The Balaban J connectivity index is 1.55. The lowest BCUT2D eigenvalue weighted by Gasteiger charge is -2.26. The summed E-state index contributed by atoms with van der Waals surface area (Å²) in [6.45, 7) is 2.39. The zero-order valence-corrected chi connectivity index (χ0v) is 11.6. The van der Waals surface area contributed by atoms with Crippen LogP contribution in [0.1, 0.15) is 38.5 Å². The molecule has 2 unspecified atom stereocenters. The molecule has 1 saturated carbocycles. The van der Waals surface area contributed by atoms with Gasteiger partial charge in [0.25, 0.3) is 0 Å². The Kier molecular flexibility index (Phi) is 3.78. The molecule has 0 aromatic heterocycles. The largest absolute Gasteiger partial charge is 0.468 e. The molecule has 0 N–H and O–H groups in total. The first-order valence-corrected chi connectivity index (χ1v) is 7.36. The highest BCUT2D eigenvalue weighted by Gasteiger charge is 2.45. The lowest BCUT2D eigenvalue weighted by molar-refractivity contribution is -0.164. The summed E-state index contributed by atoms with van der Waals surface area (Å²) in [6, 6.07) is -0.0891. The minimum absolute atomic E-state index is 0.0891. The first-order valence-electron chi connectivity index (χ1n) is 7.36. The number of carbonyl (C=O) groups excluding carboxylic acids is 1. The van der Waals surface area contributed by atoms with Crippen LogP contribution < -0.4 is 0 Å². The average Bonchev–Trinajstić information content (AvgIpc) is 3.13. The van der Waals surface area contributed by atoms with E-state index in [4.69, 9.17) is 14.2 Å². The predicted octanol–water partition coefficient (Wildman–Crippen LogP) is 1.31. The molecule has 0 bridgehead atoms. The van der Waals surface area contributed by atoms with Crippen molar-refractivity contribution in [3.05, 3.63) is 0 Å². The van der Waals surface area contributed by atoms with Crippen LogP contribution in [0.4, 0.5) is 0 Å². The molecule has 1 spiro atoms. The molecular weight excluding hydrogens is 246 g/mol. The van der Waals surface area contributed by atoms with Gasteiger partial charge in [-0.15, -0.1) is 0 Å². The van der Waals surface area contributed by atoms with Crippen LogP contribution in [-0.4, -0.2) is 55.6 Å². The van der Waals surface area contributed by atoms with Crippen LogP contribution in [0.15, 0.2) is 0 Å². The second-order valence-corrected chi connectivity index (χ2v) is 5.84. The summed E-state index contributed by atoms with van der Waals surface area (Å²) in [4.78, 5) is 13.9. The van der Waals surface area contributed by atoms with Gasteiger partial charge in [-0.25, -0.2) is 0 Å². The molecule has 3 aliphatic rings. The predicted molar refractivity (Wildman–Crippen MR) is 68.6 cm³/mol. The Labute approximate surface area is 114 Å². The minimum Gasteiger partial charge on any atom is -0.468 e. The molecule has 5 heteroatoms. The summed E-state index contributed by atoms with van der Waals surface area (Å²) in [5, 5.41) is 0. The van der Waals surface area contributed by atoms with Gasteiger partial charge in [-0.05, 0) is 32.2 Å². The van der Waals surface area contributed by atoms with Crippen LogP contribution >= 0.6 is 0 Å². The number of ether oxygens (including phenoxy) is 3. The molecule has 0 amide bonds. The Hall–Kier alpha value is -0.650. The van der Waals surface area contributed by atoms with Gasteiger partial charge in [0.2, 0.25) is 0 Å². The molecule has 0 aromatic rings. The van der Waals surface area contributed by atoms with Crippen molar-refractivity contribution in [1.29, 1.82) is 0 Å². The van der Waals surface area contributed by atoms with Gasteiger partial charge in [-0.1, -0.05) is 0 Å². The molecule has 108 valence electrons. The third-order valence-corrected chi connectivity index (χ3v) is 4.55. The molecule has 3 fully saturated rings. The molecule has 5 nitrogen and oxygen atoms in total. The molecule has 2 atom stereocenters. The first-order chi connectivity index (χ1) is 9.22. The first kappa shape index (κ1) is 13.3. The summed E-state index contributed by atoms with van der Waals surface area (Å²) < 4.78 is 16.9. The highest BCUT2D eigenvalue weighted by atomic mass is 16.7. The number of esters is 1. The lowest BCUT2D eigenvalue weighted by atomic mass is 10.2. The molecule has 2 heterocycles. The zero-order valence-electron chi connectivity index (χ0n) is 11.6. The topological polar surface area (TPSA) is 48.0 Å². The Morgan fingerprint density at radius 3 is 2.89 bits per heavy atom. The lowest BCUT2D eigenvalue weighted by Crippen LogP contribution is -2.42. The summed E-state index contributed by atoms with van der Waals surface area (Å²) in [5.74, 6) is -0.419. The third kappa shape index (κ3) is 2.64. The van der Waals surface area contributed by atoms with Crippen LogP contribution in [0.25, 0.3) is 0 Å². The number of likely N-dealkylation sites (tertiary alicyclic amines) is 1. The van der Waals surface area contributed by atoms with Crippen molar-refractivity contribution < 1.29 is 19.0 Å². The fraction of sp³-hybridized carbons (Fsp3) is 0.929. The standard InChI is InChI=1S/C14H23NO4/c1-17-13(16)12-5-4-8-15(12)9-11-10-18-14(19-11)6-2-3-7-14/h11-12H,2-10H2,1H3. The van der Waals surface area contributed by atoms with Gasteiger partial charge in [0.1, 0.15) is 6.04 Å². The highest BCUT2D eigenvalue weighted by Crippen LogP contribution is 2.39. The molecule has 19 heavy (non-hydrogen) atoms. The number of rotatable bonds is 3. The minimum atomic E-state index is -0.300. The number of hydrogen-bond acceptors (Lipinski definition) is 5. The van der Waals surface area contributed by atoms with Gasteiger partial charge in [0, 0.05) is 19.4 Å². The van der Waals surface area contributed by atoms with E-state index >= 15 is 0 Å². The number of methoxy groups -OCH3 is 1. The van der Waals surface area contributed by atoms with E-state index in [0.29, 0.717) is 6.61 Å². The third-order valence-electron chi connectivity index (χ3n) is 4.55. The molecule has 3 rings (SSSR count). The van der Waals surface area contributed by atoms with Gasteiger partial charge in [-0.2, -0.15) is 0 Å². The van der Waals surface area contributed by atoms with Gasteiger partial charge in [-0.3, -0.25) is 9.69 Å². The second-order valence-electron chi connectivity index (χ2n) is 5.84. The maximum atomic E-state index is 11.7. The highest BCUT2D eigenvalue weighted by molar-refractivity contribution is 5.75. The Morgan fingerprint density at radius 2 is 2.16 bits per heavy atom. The molecule has 1 aliphatic carbocycles. The van der Waals surface area contributed by atoms with Crippen LogP contribution in [-0.2, 0) is 19.0 Å². The number of nitrogens with zero attached hydrogens (tertiary/aromatic N) is 1. The van der Waals surface area contributed by atoms with Gasteiger partial charge in [0.15, 0.2) is 5.79 Å².